The van der Waals surface area contributed by atoms with E-state index in [1.54, 1.807) is 6.92 Å². The molecule has 37 heavy (non-hydrogen) atoms. The molecule has 0 bridgehead atoms. The van der Waals surface area contributed by atoms with Gasteiger partial charge in [-0.3, -0.25) is 0 Å². The molecule has 0 atom stereocenters. The lowest BCUT2D eigenvalue weighted by Crippen LogP contribution is -2.04. The van der Waals surface area contributed by atoms with Crippen molar-refractivity contribution in [3.8, 4) is 0 Å². The van der Waals surface area contributed by atoms with Crippen molar-refractivity contribution in [2.24, 2.45) is 10.2 Å². The smallest absolute Gasteiger partial charge is 0.265 e. The van der Waals surface area contributed by atoms with Gasteiger partial charge in [0.1, 0.15) is 11.5 Å². The van der Waals surface area contributed by atoms with Gasteiger partial charge in [-0.2, -0.15) is 0 Å². The summed E-state index contributed by atoms with van der Waals surface area (Å²) >= 11 is 1.23. The summed E-state index contributed by atoms with van der Waals surface area (Å²) in [7, 11) is 0. The van der Waals surface area contributed by atoms with E-state index >= 15 is 0 Å². The number of rotatable bonds is 6. The predicted octanol–water partition coefficient (Wildman–Crippen LogP) is 9.46. The van der Waals surface area contributed by atoms with Crippen LogP contribution in [0.5, 0.6) is 0 Å². The van der Waals surface area contributed by atoms with E-state index in [-0.39, 0.29) is 0 Å². The van der Waals surface area contributed by atoms with Crippen molar-refractivity contribution in [2.45, 2.75) is 55.4 Å². The van der Waals surface area contributed by atoms with Gasteiger partial charge in [0.25, 0.3) is 5.00 Å². The molecule has 0 radical (unpaired) electrons. The Morgan fingerprint density at radius 3 is 1.76 bits per heavy atom. The number of azo groups is 1. The summed E-state index contributed by atoms with van der Waals surface area (Å²) in [5.74, 6) is 1.32. The van der Waals surface area contributed by atoms with Crippen LogP contribution >= 0.6 is 11.3 Å². The number of nitrogens with one attached hydrogen (secondary N) is 2. The minimum Gasteiger partial charge on any atom is -0.340 e. The van der Waals surface area contributed by atoms with E-state index in [1.165, 1.54) is 22.5 Å². The van der Waals surface area contributed by atoms with Gasteiger partial charge in [0.2, 0.25) is 5.13 Å². The molecule has 0 saturated carbocycles. The molecule has 2 aromatic carbocycles. The van der Waals surface area contributed by atoms with Gasteiger partial charge in [-0.1, -0.05) is 35.4 Å². The molecule has 0 aliphatic rings. The van der Waals surface area contributed by atoms with Crippen LogP contribution in [0.1, 0.15) is 44.6 Å². The lowest BCUT2D eigenvalue weighted by molar-refractivity contribution is 1.14. The molecule has 0 amide bonds. The van der Waals surface area contributed by atoms with Gasteiger partial charge < -0.3 is 10.6 Å². The number of hydrogen-bond acceptors (Lipinski definition) is 7. The van der Waals surface area contributed by atoms with Crippen LogP contribution in [0.15, 0.2) is 40.6 Å². The first-order valence-electron chi connectivity index (χ1n) is 12.0. The molecule has 8 heteroatoms. The summed E-state index contributed by atoms with van der Waals surface area (Å²) in [6.07, 6.45) is 0. The Labute approximate surface area is 222 Å². The number of anilines is 4. The van der Waals surface area contributed by atoms with E-state index in [0.717, 1.165) is 45.0 Å². The highest BCUT2D eigenvalue weighted by Crippen LogP contribution is 2.38. The molecule has 0 aliphatic heterocycles. The number of benzene rings is 2. The van der Waals surface area contributed by atoms with Gasteiger partial charge in [0, 0.05) is 11.4 Å². The molecule has 0 saturated heterocycles. The number of thiazole rings is 1. The van der Waals surface area contributed by atoms with Crippen LogP contribution < -0.4 is 10.6 Å². The first-order chi connectivity index (χ1) is 17.5. The van der Waals surface area contributed by atoms with Crippen molar-refractivity contribution in [3.05, 3.63) is 86.4 Å². The Balaban J connectivity index is 1.81. The molecule has 2 heterocycles. The Bertz CT molecular complexity index is 1530. The van der Waals surface area contributed by atoms with Gasteiger partial charge in [-0.05, 0) is 89.3 Å². The van der Waals surface area contributed by atoms with Gasteiger partial charge in [0.05, 0.1) is 12.3 Å². The maximum absolute atomic E-state index is 7.30. The van der Waals surface area contributed by atoms with Crippen molar-refractivity contribution >= 4 is 50.2 Å². The fourth-order valence-corrected chi connectivity index (χ4v) is 5.23. The molecule has 0 unspecified atom stereocenters. The second-order valence-electron chi connectivity index (χ2n) is 9.52. The molecular weight excluding hydrogens is 478 g/mol. The van der Waals surface area contributed by atoms with Crippen molar-refractivity contribution < 1.29 is 0 Å². The topological polar surface area (TPSA) is 78.9 Å². The highest BCUT2D eigenvalue weighted by Gasteiger charge is 2.15. The van der Waals surface area contributed by atoms with Crippen LogP contribution in [-0.4, -0.2) is 9.97 Å². The van der Waals surface area contributed by atoms with Gasteiger partial charge in [-0.25, -0.2) is 14.8 Å². The molecule has 7 nitrogen and oxygen atoms in total. The number of hydrogen-bond donors (Lipinski definition) is 2. The van der Waals surface area contributed by atoms with E-state index in [2.05, 4.69) is 96.5 Å². The SMILES string of the molecule is [C-]#[N+]c1sc(N=Nc2c(C)cc(Nc3c(C)cc(C)cc3C)nc2Nc2c(C)cc(C)cc2C)nc1C. The van der Waals surface area contributed by atoms with Gasteiger partial charge >= 0.3 is 0 Å². The normalized spacial score (nSPS) is 11.1. The summed E-state index contributed by atoms with van der Waals surface area (Å²) in [4.78, 5) is 12.8. The minimum absolute atomic E-state index is 0.449. The summed E-state index contributed by atoms with van der Waals surface area (Å²) in [5, 5.41) is 17.0. The minimum atomic E-state index is 0.449. The first-order valence-corrected chi connectivity index (χ1v) is 12.9. The van der Waals surface area contributed by atoms with E-state index in [9.17, 15) is 0 Å². The van der Waals surface area contributed by atoms with Crippen molar-refractivity contribution in [1.82, 2.24) is 9.97 Å². The van der Waals surface area contributed by atoms with E-state index in [4.69, 9.17) is 11.6 Å². The number of aromatic nitrogens is 2. The van der Waals surface area contributed by atoms with Gasteiger partial charge in [-0.15, -0.1) is 21.6 Å². The van der Waals surface area contributed by atoms with Crippen molar-refractivity contribution in [3.63, 3.8) is 0 Å². The average Bonchev–Trinajstić information content (AvgIpc) is 3.17. The second-order valence-corrected chi connectivity index (χ2v) is 10.5. The van der Waals surface area contributed by atoms with Crippen LogP contribution in [0.25, 0.3) is 4.85 Å². The van der Waals surface area contributed by atoms with Crippen LogP contribution in [0, 0.1) is 62.0 Å². The maximum atomic E-state index is 7.30. The third kappa shape index (κ3) is 5.68. The number of pyridine rings is 1. The molecule has 0 spiro atoms. The fraction of sp³-hybridized carbons (Fsp3) is 0.276. The second kappa shape index (κ2) is 10.5. The van der Waals surface area contributed by atoms with Crippen LogP contribution in [0.3, 0.4) is 0 Å². The van der Waals surface area contributed by atoms with E-state index in [1.807, 2.05) is 13.0 Å². The molecular formula is C29H31N7S. The third-order valence-corrected chi connectivity index (χ3v) is 7.07. The molecule has 188 valence electrons. The average molecular weight is 510 g/mol. The molecule has 2 aromatic heterocycles. The summed E-state index contributed by atoms with van der Waals surface area (Å²) in [6, 6.07) is 10.6. The maximum Gasteiger partial charge on any atom is 0.265 e. The summed E-state index contributed by atoms with van der Waals surface area (Å²) < 4.78 is 0. The van der Waals surface area contributed by atoms with E-state index in [0.29, 0.717) is 27.3 Å². The standard InChI is InChI=1S/C29H31N7S/c1-15-10-17(3)24(18(4)11-15)32-23-14-21(7)26(35-36-29-31-22(8)28(30-9)37-29)27(33-23)34-25-19(5)12-16(2)13-20(25)6/h10-14H,1-8H3,(H2,32,33,34). The van der Waals surface area contributed by atoms with Crippen LogP contribution in [0.2, 0.25) is 0 Å². The lowest BCUT2D eigenvalue weighted by Gasteiger charge is -2.18. The number of nitrogens with zero attached hydrogens (tertiary/aromatic N) is 5. The third-order valence-electron chi connectivity index (χ3n) is 6.13. The zero-order valence-corrected chi connectivity index (χ0v) is 23.3. The van der Waals surface area contributed by atoms with Crippen LogP contribution in [0.4, 0.5) is 38.8 Å². The zero-order valence-electron chi connectivity index (χ0n) is 22.5. The predicted molar refractivity (Wildman–Crippen MR) is 154 cm³/mol. The number of aryl methyl sites for hydroxylation is 8. The monoisotopic (exact) mass is 509 g/mol. The lowest BCUT2D eigenvalue weighted by atomic mass is 10.0. The van der Waals surface area contributed by atoms with E-state index < -0.39 is 0 Å². The fourth-order valence-electron chi connectivity index (χ4n) is 4.56. The largest absolute Gasteiger partial charge is 0.340 e. The summed E-state index contributed by atoms with van der Waals surface area (Å²) in [6.45, 7) is 23.7. The zero-order chi connectivity index (χ0) is 26.9. The molecule has 0 fully saturated rings. The highest BCUT2D eigenvalue weighted by atomic mass is 32.1. The molecule has 4 rings (SSSR count). The molecule has 2 N–H and O–H groups in total. The highest BCUT2D eigenvalue weighted by molar-refractivity contribution is 7.19. The Morgan fingerprint density at radius 2 is 1.24 bits per heavy atom. The quantitative estimate of drug-likeness (QED) is 0.200. The Kier molecular flexibility index (Phi) is 7.37. The van der Waals surface area contributed by atoms with Crippen molar-refractivity contribution in [1.29, 1.82) is 0 Å². The Morgan fingerprint density at radius 1 is 0.703 bits per heavy atom. The van der Waals surface area contributed by atoms with Crippen molar-refractivity contribution in [2.75, 3.05) is 10.6 Å². The molecule has 0 aliphatic carbocycles. The molecule has 4 aromatic rings. The van der Waals surface area contributed by atoms with Crippen LogP contribution in [-0.2, 0) is 0 Å². The first kappa shape index (κ1) is 26.0. The summed E-state index contributed by atoms with van der Waals surface area (Å²) in [5.41, 5.74) is 11.3. The van der Waals surface area contributed by atoms with Gasteiger partial charge in [0.15, 0.2) is 5.82 Å². The Hall–Kier alpha value is -4.09.